The molecular weight excluding hydrogens is 288 g/mol. The Hall–Kier alpha value is -0.850. The molecule has 1 rings (SSSR count). The van der Waals surface area contributed by atoms with Gasteiger partial charge in [0.2, 0.25) is 5.09 Å². The lowest BCUT2D eigenvalue weighted by Crippen LogP contribution is -2.34. The maximum absolute atomic E-state index is 12.2. The number of hydrogen-bond acceptors (Lipinski definition) is 4. The summed E-state index contributed by atoms with van der Waals surface area (Å²) >= 11 is 0. The molecule has 0 fully saturated rings. The van der Waals surface area contributed by atoms with E-state index in [4.69, 9.17) is 4.42 Å². The van der Waals surface area contributed by atoms with Crippen molar-refractivity contribution < 1.29 is 12.8 Å². The third-order valence-electron chi connectivity index (χ3n) is 3.21. The molecule has 0 saturated heterocycles. The summed E-state index contributed by atoms with van der Waals surface area (Å²) in [5, 5.41) is 3.23. The van der Waals surface area contributed by atoms with Gasteiger partial charge in [0.1, 0.15) is 5.76 Å². The van der Waals surface area contributed by atoms with E-state index >= 15 is 0 Å². The van der Waals surface area contributed by atoms with Gasteiger partial charge in [0.25, 0.3) is 10.0 Å². The van der Waals surface area contributed by atoms with Crippen molar-refractivity contribution in [2.24, 2.45) is 5.92 Å². The third kappa shape index (κ3) is 6.20. The number of rotatable bonds is 10. The van der Waals surface area contributed by atoms with Crippen LogP contribution in [0.15, 0.2) is 21.6 Å². The molecule has 5 nitrogen and oxygen atoms in total. The van der Waals surface area contributed by atoms with Crippen molar-refractivity contribution in [2.75, 3.05) is 6.54 Å². The molecule has 2 N–H and O–H groups in total. The molecule has 0 aliphatic rings. The molecular formula is C15H28N2O3S. The molecule has 6 heteroatoms. The standard InChI is InChI=1S/C15H28N2O3S/c1-5-7-13(6-2)17-21(18,19)15-9-8-14(20-15)11-16-10-12(3)4/h8-9,12-13,16-17H,5-7,10-11H2,1-4H3. The van der Waals surface area contributed by atoms with Crippen molar-refractivity contribution in [1.82, 2.24) is 10.0 Å². The molecule has 0 saturated carbocycles. The molecule has 21 heavy (non-hydrogen) atoms. The Morgan fingerprint density at radius 3 is 2.52 bits per heavy atom. The second-order valence-electron chi connectivity index (χ2n) is 5.76. The highest BCUT2D eigenvalue weighted by atomic mass is 32.2. The van der Waals surface area contributed by atoms with Crippen LogP contribution < -0.4 is 10.0 Å². The number of sulfonamides is 1. The Morgan fingerprint density at radius 1 is 1.24 bits per heavy atom. The van der Waals surface area contributed by atoms with Gasteiger partial charge in [0.15, 0.2) is 0 Å². The first-order valence-electron chi connectivity index (χ1n) is 7.70. The van der Waals surface area contributed by atoms with Crippen LogP contribution in [0.3, 0.4) is 0 Å². The van der Waals surface area contributed by atoms with Crippen LogP contribution in [-0.4, -0.2) is 21.0 Å². The quantitative estimate of drug-likeness (QED) is 0.696. The van der Waals surface area contributed by atoms with Gasteiger partial charge in [0.05, 0.1) is 6.54 Å². The monoisotopic (exact) mass is 316 g/mol. The summed E-state index contributed by atoms with van der Waals surface area (Å²) in [6.45, 7) is 9.67. The molecule has 0 radical (unpaired) electrons. The van der Waals surface area contributed by atoms with Gasteiger partial charge >= 0.3 is 0 Å². The summed E-state index contributed by atoms with van der Waals surface area (Å²) in [6.07, 6.45) is 2.55. The first-order valence-corrected chi connectivity index (χ1v) is 9.19. The smallest absolute Gasteiger partial charge is 0.274 e. The van der Waals surface area contributed by atoms with Gasteiger partial charge in [-0.1, -0.05) is 34.1 Å². The van der Waals surface area contributed by atoms with E-state index < -0.39 is 10.0 Å². The van der Waals surface area contributed by atoms with E-state index in [2.05, 4.69) is 23.9 Å². The molecule has 0 aromatic carbocycles. The fourth-order valence-corrected chi connectivity index (χ4v) is 3.36. The summed E-state index contributed by atoms with van der Waals surface area (Å²) in [5.74, 6) is 1.18. The first-order chi connectivity index (χ1) is 9.89. The van der Waals surface area contributed by atoms with E-state index in [-0.39, 0.29) is 11.1 Å². The van der Waals surface area contributed by atoms with Gasteiger partial charge in [-0.2, -0.15) is 0 Å². The summed E-state index contributed by atoms with van der Waals surface area (Å²) in [6, 6.07) is 3.20. The first kappa shape index (κ1) is 18.2. The van der Waals surface area contributed by atoms with Crippen LogP contribution in [0.25, 0.3) is 0 Å². The minimum atomic E-state index is -3.56. The zero-order valence-corrected chi connectivity index (χ0v) is 14.3. The van der Waals surface area contributed by atoms with E-state index in [0.29, 0.717) is 18.2 Å². The van der Waals surface area contributed by atoms with E-state index in [0.717, 1.165) is 25.8 Å². The average Bonchev–Trinajstić information content (AvgIpc) is 2.87. The van der Waals surface area contributed by atoms with Crippen molar-refractivity contribution in [3.05, 3.63) is 17.9 Å². The van der Waals surface area contributed by atoms with Crippen LogP contribution in [0.4, 0.5) is 0 Å². The summed E-state index contributed by atoms with van der Waals surface area (Å²) in [7, 11) is -3.56. The van der Waals surface area contributed by atoms with Crippen LogP contribution >= 0.6 is 0 Å². The maximum atomic E-state index is 12.2. The van der Waals surface area contributed by atoms with Gasteiger partial charge in [0, 0.05) is 6.04 Å². The molecule has 1 aromatic rings. The maximum Gasteiger partial charge on any atom is 0.274 e. The average molecular weight is 316 g/mol. The van der Waals surface area contributed by atoms with Crippen molar-refractivity contribution in [3.8, 4) is 0 Å². The molecule has 122 valence electrons. The fraction of sp³-hybridized carbons (Fsp3) is 0.733. The van der Waals surface area contributed by atoms with Crippen LogP contribution in [0, 0.1) is 5.92 Å². The highest BCUT2D eigenvalue weighted by Crippen LogP contribution is 2.15. The van der Waals surface area contributed by atoms with Gasteiger partial charge in [-0.05, 0) is 37.4 Å². The summed E-state index contributed by atoms with van der Waals surface area (Å²) in [5.41, 5.74) is 0. The second kappa shape index (κ2) is 8.56. The van der Waals surface area contributed by atoms with E-state index in [1.54, 1.807) is 6.07 Å². The fourth-order valence-electron chi connectivity index (χ4n) is 2.05. The number of hydrogen-bond donors (Lipinski definition) is 2. The summed E-state index contributed by atoms with van der Waals surface area (Å²) < 4.78 is 32.6. The lowest BCUT2D eigenvalue weighted by Gasteiger charge is -2.14. The van der Waals surface area contributed by atoms with Crippen molar-refractivity contribution in [3.63, 3.8) is 0 Å². The number of furan rings is 1. The van der Waals surface area contributed by atoms with Gasteiger partial charge in [-0.3, -0.25) is 0 Å². The van der Waals surface area contributed by atoms with Crippen molar-refractivity contribution in [1.29, 1.82) is 0 Å². The Labute approximate surface area is 128 Å². The molecule has 1 heterocycles. The SMILES string of the molecule is CCCC(CC)NS(=O)(=O)c1ccc(CNCC(C)C)o1. The van der Waals surface area contributed by atoms with Gasteiger partial charge in [-0.25, -0.2) is 13.1 Å². The van der Waals surface area contributed by atoms with E-state index in [9.17, 15) is 8.42 Å². The van der Waals surface area contributed by atoms with E-state index in [1.165, 1.54) is 6.07 Å². The van der Waals surface area contributed by atoms with Crippen molar-refractivity contribution in [2.45, 2.75) is 64.6 Å². The Bertz CT molecular complexity index is 509. The highest BCUT2D eigenvalue weighted by Gasteiger charge is 2.22. The Morgan fingerprint density at radius 2 is 1.95 bits per heavy atom. The summed E-state index contributed by atoms with van der Waals surface area (Å²) in [4.78, 5) is 0. The minimum absolute atomic E-state index is 0.00148. The van der Waals surface area contributed by atoms with Crippen LogP contribution in [-0.2, 0) is 16.6 Å². The van der Waals surface area contributed by atoms with Gasteiger partial charge in [-0.15, -0.1) is 0 Å². The molecule has 0 bridgehead atoms. The van der Waals surface area contributed by atoms with Crippen LogP contribution in [0.5, 0.6) is 0 Å². The predicted octanol–water partition coefficient (Wildman–Crippen LogP) is 2.88. The molecule has 0 aliphatic carbocycles. The van der Waals surface area contributed by atoms with Crippen LogP contribution in [0.1, 0.15) is 52.7 Å². The van der Waals surface area contributed by atoms with Crippen molar-refractivity contribution >= 4 is 10.0 Å². The lowest BCUT2D eigenvalue weighted by atomic mass is 10.1. The lowest BCUT2D eigenvalue weighted by molar-refractivity contribution is 0.391. The Kier molecular flexibility index (Phi) is 7.42. The molecule has 0 aliphatic heterocycles. The third-order valence-corrected chi connectivity index (χ3v) is 4.60. The van der Waals surface area contributed by atoms with Gasteiger partial charge < -0.3 is 9.73 Å². The Balaban J connectivity index is 2.65. The normalized spacial score (nSPS) is 13.8. The second-order valence-corrected chi connectivity index (χ2v) is 7.41. The zero-order valence-electron chi connectivity index (χ0n) is 13.5. The topological polar surface area (TPSA) is 71.3 Å². The predicted molar refractivity (Wildman–Crippen MR) is 84.6 cm³/mol. The molecule has 1 unspecified atom stereocenters. The number of nitrogens with one attached hydrogen (secondary N) is 2. The van der Waals surface area contributed by atoms with Crippen LogP contribution in [0.2, 0.25) is 0 Å². The minimum Gasteiger partial charge on any atom is -0.447 e. The molecule has 0 amide bonds. The molecule has 0 spiro atoms. The highest BCUT2D eigenvalue weighted by molar-refractivity contribution is 7.89. The largest absolute Gasteiger partial charge is 0.447 e. The van der Waals surface area contributed by atoms with E-state index in [1.807, 2.05) is 13.8 Å². The molecule has 1 aromatic heterocycles. The zero-order chi connectivity index (χ0) is 15.9. The molecule has 1 atom stereocenters.